The maximum atomic E-state index is 13.2. The van der Waals surface area contributed by atoms with Gasteiger partial charge < -0.3 is 27.8 Å². The van der Waals surface area contributed by atoms with E-state index in [1.54, 1.807) is 19.1 Å². The Balaban J connectivity index is 1.65. The van der Waals surface area contributed by atoms with Crippen LogP contribution in [0, 0.1) is 6.92 Å². The summed E-state index contributed by atoms with van der Waals surface area (Å²) in [5, 5.41) is 0. The highest BCUT2D eigenvalue weighted by molar-refractivity contribution is 8.15. The Bertz CT molecular complexity index is 1220. The van der Waals surface area contributed by atoms with Crippen LogP contribution in [0.15, 0.2) is 59.5 Å². The van der Waals surface area contributed by atoms with Crippen LogP contribution in [0.2, 0.25) is 0 Å². The van der Waals surface area contributed by atoms with Crippen LogP contribution >= 0.6 is 0 Å². The molecule has 0 N–H and O–H groups in total. The van der Waals surface area contributed by atoms with E-state index in [0.29, 0.717) is 0 Å². The van der Waals surface area contributed by atoms with E-state index in [4.69, 9.17) is 23.7 Å². The number of carbonyl (C=O) groups excluding carboxylic acids is 2. The predicted molar refractivity (Wildman–Crippen MR) is 139 cm³/mol. The zero-order valence-electron chi connectivity index (χ0n) is 21.5. The molecule has 4 rings (SSSR count). The highest BCUT2D eigenvalue weighted by Crippen LogP contribution is 2.40. The van der Waals surface area contributed by atoms with Gasteiger partial charge in [0.2, 0.25) is 11.5 Å². The summed E-state index contributed by atoms with van der Waals surface area (Å²) < 4.78 is 60.2. The molecule has 2 aliphatic heterocycles. The van der Waals surface area contributed by atoms with Crippen LogP contribution < -0.4 is 0 Å². The Morgan fingerprint density at radius 1 is 0.974 bits per heavy atom. The molecule has 10 nitrogen and oxygen atoms in total. The van der Waals surface area contributed by atoms with Crippen LogP contribution in [0.5, 0.6) is 0 Å². The van der Waals surface area contributed by atoms with E-state index in [1.807, 2.05) is 37.3 Å². The summed E-state index contributed by atoms with van der Waals surface area (Å²) in [6.07, 6.45) is -4.56. The zero-order valence-corrected chi connectivity index (χ0v) is 23.1. The molecule has 0 aliphatic carbocycles. The second-order valence-electron chi connectivity index (χ2n) is 8.92. The molecule has 2 heterocycles. The molecule has 0 saturated carbocycles. The van der Waals surface area contributed by atoms with Crippen molar-refractivity contribution >= 4 is 33.0 Å². The average Bonchev–Trinajstić information content (AvgIpc) is 2.88. The van der Waals surface area contributed by atoms with Crippen LogP contribution in [0.1, 0.15) is 38.2 Å². The molecule has 206 valence electrons. The van der Waals surface area contributed by atoms with Crippen molar-refractivity contribution in [3.05, 3.63) is 69.9 Å². The van der Waals surface area contributed by atoms with Gasteiger partial charge in [-0.05, 0) is 37.1 Å². The largest absolute Gasteiger partial charge is 0.455 e. The van der Waals surface area contributed by atoms with E-state index in [2.05, 4.69) is 4.13 Å². The van der Waals surface area contributed by atoms with Crippen molar-refractivity contribution in [1.29, 1.82) is 0 Å². The first-order valence-corrected chi connectivity index (χ1v) is 15.0. The number of hydrogen-bond acceptors (Lipinski definition) is 9. The molecule has 38 heavy (non-hydrogen) atoms. The van der Waals surface area contributed by atoms with Crippen LogP contribution in [-0.4, -0.2) is 62.6 Å². The summed E-state index contributed by atoms with van der Waals surface area (Å²) in [5.41, 5.74) is 0.645. The van der Waals surface area contributed by atoms with Crippen LogP contribution in [0.4, 0.5) is 0 Å². The van der Waals surface area contributed by atoms with Crippen molar-refractivity contribution < 1.29 is 41.7 Å². The molecule has 2 saturated heterocycles. The van der Waals surface area contributed by atoms with Gasteiger partial charge in [-0.3, -0.25) is 9.59 Å². The third-order valence-electron chi connectivity index (χ3n) is 6.04. The van der Waals surface area contributed by atoms with Gasteiger partial charge in [0, 0.05) is 19.4 Å². The Morgan fingerprint density at radius 3 is 2.21 bits per heavy atom. The number of aryl methyl sites for hydroxylation is 1. The van der Waals surface area contributed by atoms with Crippen molar-refractivity contribution in [1.82, 2.24) is 0 Å². The molecule has 2 aromatic carbocycles. The first kappa shape index (κ1) is 28.5. The van der Waals surface area contributed by atoms with Crippen LogP contribution in [-0.2, 0) is 54.4 Å². The Kier molecular flexibility index (Phi) is 9.11. The second kappa shape index (κ2) is 12.1. The highest BCUT2D eigenvalue weighted by Gasteiger charge is 2.57. The fraction of sp³-hybridized carbons (Fsp3) is 0.462. The summed E-state index contributed by atoms with van der Waals surface area (Å²) in [6, 6.07) is 15.6. The van der Waals surface area contributed by atoms with Gasteiger partial charge in [0.05, 0.1) is 17.3 Å². The standard InChI is InChI=1S/C26H31NO9S2/c1-5-37(27-38(30,31)20-13-11-16(2)12-14-20)26-24(34-18(4)29)23(33-17(3)28)22-21(35-26)15-32-25(36-22)19-9-7-6-8-10-19/h6-14,21-26H,5,15H2,1-4H3/t21-,22-,23+,24-,25?,26+,37?/m1/s1. The van der Waals surface area contributed by atoms with Crippen LogP contribution in [0.3, 0.4) is 0 Å². The first-order chi connectivity index (χ1) is 18.1. The van der Waals surface area contributed by atoms with Gasteiger partial charge in [-0.1, -0.05) is 48.0 Å². The van der Waals surface area contributed by atoms with E-state index < -0.39 is 69.2 Å². The van der Waals surface area contributed by atoms with E-state index in [1.165, 1.54) is 26.0 Å². The quantitative estimate of drug-likeness (QED) is 0.350. The van der Waals surface area contributed by atoms with E-state index >= 15 is 0 Å². The van der Waals surface area contributed by atoms with Crippen LogP contribution in [0.25, 0.3) is 4.13 Å². The number of sulfonamides is 1. The van der Waals surface area contributed by atoms with Gasteiger partial charge in [-0.15, -0.1) is 0 Å². The maximum absolute atomic E-state index is 13.2. The van der Waals surface area contributed by atoms with Crippen molar-refractivity contribution in [2.45, 2.75) is 68.7 Å². The lowest BCUT2D eigenvalue weighted by atomic mass is 9.98. The molecule has 0 radical (unpaired) electrons. The molecule has 0 amide bonds. The topological polar surface area (TPSA) is 129 Å². The van der Waals surface area contributed by atoms with Crippen molar-refractivity contribution in [3.63, 3.8) is 0 Å². The molecule has 2 aliphatic rings. The lowest BCUT2D eigenvalue weighted by Crippen LogP contribution is -2.65. The summed E-state index contributed by atoms with van der Waals surface area (Å²) in [5.74, 6) is -0.989. The van der Waals surface area contributed by atoms with Gasteiger partial charge in [-0.25, -0.2) is 8.42 Å². The minimum absolute atomic E-state index is 0.0401. The minimum Gasteiger partial charge on any atom is -0.455 e. The normalized spacial score (nSPS) is 28.1. The number of nitrogens with zero attached hydrogens (tertiary/aromatic N) is 1. The highest BCUT2D eigenvalue weighted by atomic mass is 32.3. The summed E-state index contributed by atoms with van der Waals surface area (Å²) in [7, 11) is -4.06. The predicted octanol–water partition coefficient (Wildman–Crippen LogP) is 3.31. The van der Waals surface area contributed by atoms with Crippen molar-refractivity contribution in [2.75, 3.05) is 12.4 Å². The smallest absolute Gasteiger partial charge is 0.303 e. The SMILES string of the molecule is CC[S+]([N-]S(=O)(=O)c1ccc(C)cc1)[C@@H]1O[C@@H]2COC(c3ccccc3)O[C@H]2[C@H](OC(C)=O)[C@H]1OC(C)=O. The van der Waals surface area contributed by atoms with E-state index in [-0.39, 0.29) is 17.3 Å². The monoisotopic (exact) mass is 565 g/mol. The molecule has 0 aromatic heterocycles. The summed E-state index contributed by atoms with van der Waals surface area (Å²) in [6.45, 7) is 6.15. The number of rotatable bonds is 8. The van der Waals surface area contributed by atoms with Crippen molar-refractivity contribution in [3.8, 4) is 0 Å². The average molecular weight is 566 g/mol. The second-order valence-corrected chi connectivity index (χ2v) is 12.8. The summed E-state index contributed by atoms with van der Waals surface area (Å²) >= 11 is -1.30. The fourth-order valence-corrected chi connectivity index (χ4v) is 8.04. The third-order valence-corrected chi connectivity index (χ3v) is 9.96. The molecule has 12 heteroatoms. The Labute approximate surface area is 225 Å². The Hall–Kier alpha value is -2.48. The lowest BCUT2D eigenvalue weighted by molar-refractivity contribution is -0.321. The number of fused-ring (bicyclic) bond motifs is 1. The zero-order chi connectivity index (χ0) is 27.4. The van der Waals surface area contributed by atoms with Gasteiger partial charge in [-0.2, -0.15) is 0 Å². The van der Waals surface area contributed by atoms with Gasteiger partial charge >= 0.3 is 11.9 Å². The summed E-state index contributed by atoms with van der Waals surface area (Å²) in [4.78, 5) is 24.3. The molecule has 2 unspecified atom stereocenters. The molecule has 0 spiro atoms. The van der Waals surface area contributed by atoms with Gasteiger partial charge in [0.25, 0.3) is 0 Å². The minimum atomic E-state index is -4.06. The lowest BCUT2D eigenvalue weighted by Gasteiger charge is -2.48. The van der Waals surface area contributed by atoms with E-state index in [0.717, 1.165) is 11.1 Å². The molecule has 2 aromatic rings. The number of ether oxygens (including phenoxy) is 5. The third kappa shape index (κ3) is 6.56. The Morgan fingerprint density at radius 2 is 1.61 bits per heavy atom. The number of esters is 2. The first-order valence-electron chi connectivity index (χ1n) is 12.2. The number of hydrogen-bond donors (Lipinski definition) is 0. The van der Waals surface area contributed by atoms with E-state index in [9.17, 15) is 18.0 Å². The molecule has 2 fully saturated rings. The molecule has 0 bridgehead atoms. The van der Waals surface area contributed by atoms with Gasteiger partial charge in [0.1, 0.15) is 22.2 Å². The van der Waals surface area contributed by atoms with Gasteiger partial charge in [0.15, 0.2) is 12.4 Å². The maximum Gasteiger partial charge on any atom is 0.303 e. The molecular weight excluding hydrogens is 534 g/mol. The fourth-order valence-electron chi connectivity index (χ4n) is 4.33. The van der Waals surface area contributed by atoms with Crippen molar-refractivity contribution in [2.24, 2.45) is 0 Å². The number of carbonyl (C=O) groups is 2. The molecular formula is C26H31NO9S2. The number of benzene rings is 2. The molecule has 7 atom stereocenters.